The summed E-state index contributed by atoms with van der Waals surface area (Å²) in [6, 6.07) is 11.8. The molecule has 2 nitrogen and oxygen atoms in total. The van der Waals surface area contributed by atoms with Crippen molar-refractivity contribution in [1.29, 1.82) is 0 Å². The summed E-state index contributed by atoms with van der Waals surface area (Å²) in [7, 11) is 0. The molecule has 3 N–H and O–H groups in total. The second-order valence-electron chi connectivity index (χ2n) is 4.56. The topological polar surface area (TPSA) is 38.0 Å². The molecule has 2 rings (SSSR count). The number of rotatable bonds is 5. The van der Waals surface area contributed by atoms with Crippen LogP contribution in [0.15, 0.2) is 42.5 Å². The zero-order valence-electron chi connectivity index (χ0n) is 10.7. The van der Waals surface area contributed by atoms with Crippen molar-refractivity contribution >= 4 is 23.2 Å². The van der Waals surface area contributed by atoms with Gasteiger partial charge in [0.05, 0.1) is 0 Å². The first kappa shape index (κ1) is 15.3. The largest absolute Gasteiger partial charge is 0.271 e. The first-order valence-corrected chi connectivity index (χ1v) is 7.00. The highest BCUT2D eigenvalue weighted by molar-refractivity contribution is 6.36. The summed E-state index contributed by atoms with van der Waals surface area (Å²) in [4.78, 5) is 0. The molecule has 0 radical (unpaired) electrons. The third-order valence-corrected chi connectivity index (χ3v) is 3.88. The van der Waals surface area contributed by atoms with Crippen LogP contribution in [-0.2, 0) is 12.8 Å². The fourth-order valence-electron chi connectivity index (χ4n) is 2.09. The molecule has 0 saturated heterocycles. The second-order valence-corrected chi connectivity index (χ2v) is 5.38. The molecule has 0 aliphatic rings. The van der Waals surface area contributed by atoms with Crippen molar-refractivity contribution < 1.29 is 4.39 Å². The third-order valence-electron chi connectivity index (χ3n) is 3.17. The highest BCUT2D eigenvalue weighted by Crippen LogP contribution is 2.26. The molecule has 106 valence electrons. The molecule has 0 heterocycles. The van der Waals surface area contributed by atoms with E-state index >= 15 is 0 Å². The lowest BCUT2D eigenvalue weighted by atomic mass is 9.99. The number of halogens is 3. The maximum Gasteiger partial charge on any atom is 0.126 e. The van der Waals surface area contributed by atoms with Gasteiger partial charge in [0.1, 0.15) is 5.82 Å². The Labute approximate surface area is 127 Å². The minimum absolute atomic E-state index is 0.149. The third kappa shape index (κ3) is 3.70. The lowest BCUT2D eigenvalue weighted by molar-refractivity contribution is 0.506. The molecule has 0 saturated carbocycles. The van der Waals surface area contributed by atoms with E-state index in [0.717, 1.165) is 5.56 Å². The lowest BCUT2D eigenvalue weighted by Gasteiger charge is -2.18. The van der Waals surface area contributed by atoms with Crippen LogP contribution in [0.3, 0.4) is 0 Å². The van der Waals surface area contributed by atoms with Gasteiger partial charge in [-0.2, -0.15) is 0 Å². The molecule has 0 aromatic heterocycles. The second kappa shape index (κ2) is 7.04. The van der Waals surface area contributed by atoms with Gasteiger partial charge in [0.2, 0.25) is 0 Å². The molecular formula is C15H15Cl2FN2. The smallest absolute Gasteiger partial charge is 0.126 e. The Hall–Kier alpha value is -1.13. The van der Waals surface area contributed by atoms with E-state index in [1.54, 1.807) is 36.4 Å². The average Bonchev–Trinajstić information content (AvgIpc) is 2.44. The molecule has 2 aromatic carbocycles. The van der Waals surface area contributed by atoms with Crippen molar-refractivity contribution in [2.75, 3.05) is 0 Å². The monoisotopic (exact) mass is 312 g/mol. The van der Waals surface area contributed by atoms with Gasteiger partial charge in [-0.15, -0.1) is 0 Å². The van der Waals surface area contributed by atoms with Crippen LogP contribution >= 0.6 is 23.2 Å². The van der Waals surface area contributed by atoms with Crippen molar-refractivity contribution in [3.8, 4) is 0 Å². The van der Waals surface area contributed by atoms with Gasteiger partial charge >= 0.3 is 0 Å². The Kier molecular flexibility index (Phi) is 5.38. The summed E-state index contributed by atoms with van der Waals surface area (Å²) < 4.78 is 13.7. The molecule has 0 amide bonds. The number of nitrogens with one attached hydrogen (secondary N) is 1. The van der Waals surface area contributed by atoms with Gasteiger partial charge in [0.25, 0.3) is 0 Å². The van der Waals surface area contributed by atoms with Crippen LogP contribution in [-0.4, -0.2) is 6.04 Å². The van der Waals surface area contributed by atoms with Gasteiger partial charge in [-0.1, -0.05) is 47.5 Å². The van der Waals surface area contributed by atoms with Crippen LogP contribution in [0.4, 0.5) is 4.39 Å². The summed E-state index contributed by atoms with van der Waals surface area (Å²) in [5, 5.41) is 1.18. The predicted octanol–water partition coefficient (Wildman–Crippen LogP) is 3.75. The number of hydrogen-bond acceptors (Lipinski definition) is 2. The minimum atomic E-state index is -0.238. The molecule has 0 fully saturated rings. The van der Waals surface area contributed by atoms with Gasteiger partial charge in [0, 0.05) is 16.1 Å². The maximum atomic E-state index is 13.7. The zero-order valence-corrected chi connectivity index (χ0v) is 12.3. The molecule has 1 unspecified atom stereocenters. The molecule has 0 bridgehead atoms. The number of nitrogens with two attached hydrogens (primary N) is 1. The Morgan fingerprint density at radius 3 is 2.25 bits per heavy atom. The van der Waals surface area contributed by atoms with E-state index in [4.69, 9.17) is 29.0 Å². The summed E-state index contributed by atoms with van der Waals surface area (Å²) in [5.41, 5.74) is 4.12. The summed E-state index contributed by atoms with van der Waals surface area (Å²) in [5.74, 6) is 5.32. The first-order chi connectivity index (χ1) is 9.61. The van der Waals surface area contributed by atoms with Crippen molar-refractivity contribution in [3.05, 3.63) is 69.5 Å². The maximum absolute atomic E-state index is 13.7. The van der Waals surface area contributed by atoms with Crippen molar-refractivity contribution in [3.63, 3.8) is 0 Å². The fourth-order valence-corrected chi connectivity index (χ4v) is 2.64. The molecule has 0 aliphatic carbocycles. The van der Waals surface area contributed by atoms with Crippen LogP contribution in [0.25, 0.3) is 0 Å². The van der Waals surface area contributed by atoms with Crippen LogP contribution in [0, 0.1) is 5.82 Å². The van der Waals surface area contributed by atoms with E-state index in [0.29, 0.717) is 28.5 Å². The molecule has 2 aromatic rings. The first-order valence-electron chi connectivity index (χ1n) is 6.24. The molecule has 20 heavy (non-hydrogen) atoms. The Morgan fingerprint density at radius 2 is 1.65 bits per heavy atom. The van der Waals surface area contributed by atoms with E-state index in [-0.39, 0.29) is 11.9 Å². The van der Waals surface area contributed by atoms with Gasteiger partial charge in [0.15, 0.2) is 0 Å². The number of hydrazine groups is 1. The summed E-state index contributed by atoms with van der Waals surface area (Å²) >= 11 is 12.3. The summed E-state index contributed by atoms with van der Waals surface area (Å²) in [6.45, 7) is 0. The molecular weight excluding hydrogens is 298 g/mol. The standard InChI is InChI=1S/C15H15Cl2FN2/c16-13-5-3-6-14(17)12(13)9-11(20-19)8-10-4-1-2-7-15(10)18/h1-7,11,20H,8-9,19H2. The van der Waals surface area contributed by atoms with Gasteiger partial charge in [-0.05, 0) is 42.2 Å². The van der Waals surface area contributed by atoms with E-state index in [2.05, 4.69) is 5.43 Å². The van der Waals surface area contributed by atoms with Crippen molar-refractivity contribution in [2.24, 2.45) is 5.84 Å². The van der Waals surface area contributed by atoms with Crippen molar-refractivity contribution in [2.45, 2.75) is 18.9 Å². The highest BCUT2D eigenvalue weighted by atomic mass is 35.5. The Morgan fingerprint density at radius 1 is 1.00 bits per heavy atom. The van der Waals surface area contributed by atoms with Crippen molar-refractivity contribution in [1.82, 2.24) is 5.43 Å². The number of hydrogen-bond donors (Lipinski definition) is 2. The van der Waals surface area contributed by atoms with E-state index in [1.165, 1.54) is 6.07 Å². The van der Waals surface area contributed by atoms with E-state index in [1.807, 2.05) is 0 Å². The SMILES string of the molecule is NNC(Cc1ccccc1F)Cc1c(Cl)cccc1Cl. The lowest BCUT2D eigenvalue weighted by Crippen LogP contribution is -2.38. The predicted molar refractivity (Wildman–Crippen MR) is 81.4 cm³/mol. The fraction of sp³-hybridized carbons (Fsp3) is 0.200. The van der Waals surface area contributed by atoms with Gasteiger partial charge in [-0.25, -0.2) is 4.39 Å². The average molecular weight is 313 g/mol. The van der Waals surface area contributed by atoms with Crippen LogP contribution in [0.2, 0.25) is 10.0 Å². The zero-order chi connectivity index (χ0) is 14.5. The molecule has 1 atom stereocenters. The van der Waals surface area contributed by atoms with Crippen LogP contribution in [0.1, 0.15) is 11.1 Å². The number of benzene rings is 2. The highest BCUT2D eigenvalue weighted by Gasteiger charge is 2.15. The normalized spacial score (nSPS) is 12.4. The molecule has 0 spiro atoms. The summed E-state index contributed by atoms with van der Waals surface area (Å²) in [6.07, 6.45) is 0.994. The van der Waals surface area contributed by atoms with Crippen LogP contribution < -0.4 is 11.3 Å². The molecule has 5 heteroatoms. The van der Waals surface area contributed by atoms with Gasteiger partial charge in [-0.3, -0.25) is 11.3 Å². The Bertz CT molecular complexity index is 570. The minimum Gasteiger partial charge on any atom is -0.271 e. The Balaban J connectivity index is 2.16. The van der Waals surface area contributed by atoms with Gasteiger partial charge < -0.3 is 0 Å². The van der Waals surface area contributed by atoms with Crippen LogP contribution in [0.5, 0.6) is 0 Å². The van der Waals surface area contributed by atoms with E-state index < -0.39 is 0 Å². The molecule has 0 aliphatic heterocycles. The van der Waals surface area contributed by atoms with E-state index in [9.17, 15) is 4.39 Å². The quantitative estimate of drug-likeness (QED) is 0.652.